The Morgan fingerprint density at radius 2 is 2.26 bits per heavy atom. The minimum Gasteiger partial charge on any atom is -0.357 e. The van der Waals surface area contributed by atoms with E-state index in [-0.39, 0.29) is 11.9 Å². The highest BCUT2D eigenvalue weighted by atomic mass is 16.2. The van der Waals surface area contributed by atoms with E-state index in [2.05, 4.69) is 32.1 Å². The van der Waals surface area contributed by atoms with Gasteiger partial charge in [-0.1, -0.05) is 13.0 Å². The van der Waals surface area contributed by atoms with Crippen LogP contribution in [0.25, 0.3) is 11.5 Å². The maximum atomic E-state index is 12.1. The third kappa shape index (κ3) is 3.16. The number of aryl methyl sites for hydroxylation is 1. The highest BCUT2D eigenvalue weighted by Crippen LogP contribution is 2.26. The number of likely N-dealkylation sites (N-methyl/N-ethyl adjacent to an activating group) is 1. The number of anilines is 1. The van der Waals surface area contributed by atoms with Crippen LogP contribution in [-0.2, 0) is 11.2 Å². The lowest BCUT2D eigenvalue weighted by Crippen LogP contribution is -2.42. The van der Waals surface area contributed by atoms with E-state index in [0.29, 0.717) is 5.82 Å². The number of hydrogen-bond acceptors (Lipinski definition) is 5. The summed E-state index contributed by atoms with van der Waals surface area (Å²) in [6.07, 6.45) is 4.39. The Labute approximate surface area is 136 Å². The van der Waals surface area contributed by atoms with Gasteiger partial charge in [0.25, 0.3) is 0 Å². The molecule has 1 N–H and O–H groups in total. The number of rotatable bonds is 4. The molecule has 0 spiro atoms. The normalized spacial score (nSPS) is 17.3. The molecule has 0 aromatic carbocycles. The summed E-state index contributed by atoms with van der Waals surface area (Å²) in [5.74, 6) is 1.46. The molecule has 0 bridgehead atoms. The van der Waals surface area contributed by atoms with Crippen LogP contribution in [0.3, 0.4) is 0 Å². The van der Waals surface area contributed by atoms with E-state index in [4.69, 9.17) is 0 Å². The monoisotopic (exact) mass is 311 g/mol. The lowest BCUT2D eigenvalue weighted by Gasteiger charge is -2.25. The SMILES string of the molecule is CCc1cc(N2CCC[C@H]2C(=O)NC)nc(-c2ccccn2)n1. The molecular formula is C17H21N5O. The molecule has 6 nitrogen and oxygen atoms in total. The van der Waals surface area contributed by atoms with Gasteiger partial charge >= 0.3 is 0 Å². The van der Waals surface area contributed by atoms with Gasteiger partial charge in [-0.15, -0.1) is 0 Å². The first-order chi connectivity index (χ1) is 11.2. The number of amides is 1. The molecule has 1 saturated heterocycles. The van der Waals surface area contributed by atoms with Crippen molar-refractivity contribution in [2.24, 2.45) is 0 Å². The number of hydrogen-bond donors (Lipinski definition) is 1. The Kier molecular flexibility index (Phi) is 4.50. The first-order valence-corrected chi connectivity index (χ1v) is 8.00. The summed E-state index contributed by atoms with van der Waals surface area (Å²) < 4.78 is 0. The summed E-state index contributed by atoms with van der Waals surface area (Å²) in [6.45, 7) is 2.90. The predicted octanol–water partition coefficient (Wildman–Crippen LogP) is 1.82. The van der Waals surface area contributed by atoms with Gasteiger partial charge < -0.3 is 10.2 Å². The molecule has 2 aromatic heterocycles. The van der Waals surface area contributed by atoms with Gasteiger partial charge in [0, 0.05) is 31.5 Å². The zero-order chi connectivity index (χ0) is 16.2. The van der Waals surface area contributed by atoms with Crippen LogP contribution in [0.15, 0.2) is 30.5 Å². The summed E-state index contributed by atoms with van der Waals surface area (Å²) in [5.41, 5.74) is 1.71. The largest absolute Gasteiger partial charge is 0.357 e. The van der Waals surface area contributed by atoms with Crippen LogP contribution in [0, 0.1) is 0 Å². The molecule has 1 amide bonds. The van der Waals surface area contributed by atoms with Crippen molar-refractivity contribution in [2.45, 2.75) is 32.2 Å². The molecule has 6 heteroatoms. The molecule has 3 rings (SSSR count). The minimum atomic E-state index is -0.156. The molecule has 23 heavy (non-hydrogen) atoms. The molecule has 1 fully saturated rings. The van der Waals surface area contributed by atoms with Gasteiger partial charge in [-0.2, -0.15) is 0 Å². The highest BCUT2D eigenvalue weighted by Gasteiger charge is 2.31. The second kappa shape index (κ2) is 6.73. The van der Waals surface area contributed by atoms with E-state index in [1.165, 1.54) is 0 Å². The van der Waals surface area contributed by atoms with E-state index in [1.54, 1.807) is 13.2 Å². The van der Waals surface area contributed by atoms with Gasteiger partial charge in [-0.3, -0.25) is 9.78 Å². The van der Waals surface area contributed by atoms with Gasteiger partial charge in [-0.05, 0) is 31.4 Å². The first kappa shape index (κ1) is 15.4. The fourth-order valence-electron chi connectivity index (χ4n) is 2.90. The summed E-state index contributed by atoms with van der Waals surface area (Å²) in [5, 5.41) is 2.75. The van der Waals surface area contributed by atoms with Crippen molar-refractivity contribution >= 4 is 11.7 Å². The third-order valence-electron chi connectivity index (χ3n) is 4.12. The lowest BCUT2D eigenvalue weighted by molar-refractivity contribution is -0.121. The molecule has 2 aromatic rings. The number of carbonyl (C=O) groups is 1. The fourth-order valence-corrected chi connectivity index (χ4v) is 2.90. The molecule has 0 saturated carbocycles. The van der Waals surface area contributed by atoms with E-state index in [9.17, 15) is 4.79 Å². The number of nitrogens with one attached hydrogen (secondary N) is 1. The van der Waals surface area contributed by atoms with Crippen LogP contribution < -0.4 is 10.2 Å². The van der Waals surface area contributed by atoms with E-state index in [0.717, 1.165) is 43.0 Å². The summed E-state index contributed by atoms with van der Waals surface area (Å²) in [7, 11) is 1.68. The third-order valence-corrected chi connectivity index (χ3v) is 4.12. The standard InChI is InChI=1S/C17H21N5O/c1-3-12-11-15(22-10-6-8-14(22)17(23)18-2)21-16(20-12)13-7-4-5-9-19-13/h4-5,7,9,11,14H,3,6,8,10H2,1-2H3,(H,18,23)/t14-/m0/s1. The topological polar surface area (TPSA) is 71.0 Å². The maximum Gasteiger partial charge on any atom is 0.242 e. The Morgan fingerprint density at radius 1 is 1.39 bits per heavy atom. The molecule has 1 aliphatic rings. The Morgan fingerprint density at radius 3 is 2.96 bits per heavy atom. The van der Waals surface area contributed by atoms with Crippen molar-refractivity contribution in [3.8, 4) is 11.5 Å². The van der Waals surface area contributed by atoms with E-state index >= 15 is 0 Å². The Bertz CT molecular complexity index is 689. The number of pyridine rings is 1. The van der Waals surface area contributed by atoms with Crippen LogP contribution in [-0.4, -0.2) is 40.5 Å². The van der Waals surface area contributed by atoms with Crippen LogP contribution in [0.2, 0.25) is 0 Å². The van der Waals surface area contributed by atoms with Gasteiger partial charge in [-0.25, -0.2) is 9.97 Å². The molecule has 0 aliphatic carbocycles. The smallest absolute Gasteiger partial charge is 0.242 e. The van der Waals surface area contributed by atoms with Gasteiger partial charge in [0.1, 0.15) is 17.6 Å². The molecule has 0 unspecified atom stereocenters. The lowest BCUT2D eigenvalue weighted by atomic mass is 10.2. The summed E-state index contributed by atoms with van der Waals surface area (Å²) in [4.78, 5) is 27.8. The van der Waals surface area contributed by atoms with Gasteiger partial charge in [0.2, 0.25) is 5.91 Å². The average molecular weight is 311 g/mol. The van der Waals surface area contributed by atoms with Crippen LogP contribution in [0.5, 0.6) is 0 Å². The van der Waals surface area contributed by atoms with Crippen molar-refractivity contribution in [3.63, 3.8) is 0 Å². The summed E-state index contributed by atoms with van der Waals surface area (Å²) >= 11 is 0. The van der Waals surface area contributed by atoms with Crippen molar-refractivity contribution in [2.75, 3.05) is 18.5 Å². The number of carbonyl (C=O) groups excluding carboxylic acids is 1. The molecule has 0 radical (unpaired) electrons. The molecule has 1 atom stereocenters. The fraction of sp³-hybridized carbons (Fsp3) is 0.412. The van der Waals surface area contributed by atoms with Crippen molar-refractivity contribution in [1.29, 1.82) is 0 Å². The molecular weight excluding hydrogens is 290 g/mol. The van der Waals surface area contributed by atoms with Gasteiger partial charge in [0.05, 0.1) is 0 Å². The second-order valence-corrected chi connectivity index (χ2v) is 5.58. The molecule has 3 heterocycles. The van der Waals surface area contributed by atoms with E-state index < -0.39 is 0 Å². The summed E-state index contributed by atoms with van der Waals surface area (Å²) in [6, 6.07) is 7.52. The first-order valence-electron chi connectivity index (χ1n) is 8.00. The number of nitrogens with zero attached hydrogens (tertiary/aromatic N) is 4. The average Bonchev–Trinajstić information content (AvgIpc) is 3.11. The van der Waals surface area contributed by atoms with Crippen molar-refractivity contribution in [1.82, 2.24) is 20.3 Å². The predicted molar refractivity (Wildman–Crippen MR) is 89.1 cm³/mol. The zero-order valence-electron chi connectivity index (χ0n) is 13.5. The van der Waals surface area contributed by atoms with Crippen LogP contribution >= 0.6 is 0 Å². The Hall–Kier alpha value is -2.50. The van der Waals surface area contributed by atoms with E-state index in [1.807, 2.05) is 24.3 Å². The maximum absolute atomic E-state index is 12.1. The van der Waals surface area contributed by atoms with Crippen molar-refractivity contribution < 1.29 is 4.79 Å². The van der Waals surface area contributed by atoms with Crippen LogP contribution in [0.4, 0.5) is 5.82 Å². The second-order valence-electron chi connectivity index (χ2n) is 5.58. The van der Waals surface area contributed by atoms with Gasteiger partial charge in [0.15, 0.2) is 5.82 Å². The number of aromatic nitrogens is 3. The quantitative estimate of drug-likeness (QED) is 0.932. The molecule has 1 aliphatic heterocycles. The minimum absolute atomic E-state index is 0.0403. The highest BCUT2D eigenvalue weighted by molar-refractivity contribution is 5.85. The zero-order valence-corrected chi connectivity index (χ0v) is 13.5. The van der Waals surface area contributed by atoms with Crippen LogP contribution in [0.1, 0.15) is 25.5 Å². The Balaban J connectivity index is 2.00. The van der Waals surface area contributed by atoms with Crippen molar-refractivity contribution in [3.05, 3.63) is 36.2 Å². The molecule has 120 valence electrons.